The highest BCUT2D eigenvalue weighted by molar-refractivity contribution is 7.99. The lowest BCUT2D eigenvalue weighted by Gasteiger charge is -2.10. The first kappa shape index (κ1) is 22.3. The van der Waals surface area contributed by atoms with Crippen molar-refractivity contribution in [3.8, 4) is 11.4 Å². The molecule has 8 nitrogen and oxygen atoms in total. The molecule has 0 atom stereocenters. The average molecular weight is 466 g/mol. The maximum atomic E-state index is 13.5. The van der Waals surface area contributed by atoms with Gasteiger partial charge in [-0.1, -0.05) is 30.0 Å². The van der Waals surface area contributed by atoms with Gasteiger partial charge in [0.2, 0.25) is 5.91 Å². The van der Waals surface area contributed by atoms with Gasteiger partial charge >= 0.3 is 0 Å². The lowest BCUT2D eigenvalue weighted by Crippen LogP contribution is -2.25. The van der Waals surface area contributed by atoms with Crippen LogP contribution in [-0.2, 0) is 11.3 Å². The number of hydrogen-bond donors (Lipinski definition) is 1. The fourth-order valence-corrected chi connectivity index (χ4v) is 4.18. The fraction of sp³-hybridized carbons (Fsp3) is 0.130. The quantitative estimate of drug-likeness (QED) is 0.233. The number of nitro benzene ring substituents is 1. The van der Waals surface area contributed by atoms with Gasteiger partial charge in [-0.05, 0) is 36.4 Å². The van der Waals surface area contributed by atoms with E-state index in [1.165, 1.54) is 36.0 Å². The second kappa shape index (κ2) is 9.70. The molecule has 0 saturated carbocycles. The Kier molecular flexibility index (Phi) is 6.55. The van der Waals surface area contributed by atoms with Crippen LogP contribution >= 0.6 is 11.8 Å². The SMILES string of the molecule is COc1ccccc1CNC(=O)CSc1nc2cc([N+](=O)[O-])ccc2n1-c1ccc(F)cc1. The fourth-order valence-electron chi connectivity index (χ4n) is 3.32. The minimum Gasteiger partial charge on any atom is -0.496 e. The molecule has 0 radical (unpaired) electrons. The van der Waals surface area contributed by atoms with Gasteiger partial charge in [0, 0.05) is 29.9 Å². The van der Waals surface area contributed by atoms with Crippen LogP contribution < -0.4 is 10.1 Å². The summed E-state index contributed by atoms with van der Waals surface area (Å²) in [5.41, 5.74) is 2.42. The summed E-state index contributed by atoms with van der Waals surface area (Å²) in [6.07, 6.45) is 0. The number of nitrogens with zero attached hydrogens (tertiary/aromatic N) is 3. The number of para-hydroxylation sites is 1. The van der Waals surface area contributed by atoms with Crippen molar-refractivity contribution in [1.82, 2.24) is 14.9 Å². The minimum absolute atomic E-state index is 0.0712. The molecule has 1 N–H and O–H groups in total. The van der Waals surface area contributed by atoms with Crippen LogP contribution in [-0.4, -0.2) is 33.2 Å². The predicted molar refractivity (Wildman–Crippen MR) is 123 cm³/mol. The van der Waals surface area contributed by atoms with E-state index in [9.17, 15) is 19.3 Å². The van der Waals surface area contributed by atoms with E-state index in [4.69, 9.17) is 4.74 Å². The molecule has 0 bridgehead atoms. The monoisotopic (exact) mass is 466 g/mol. The number of carbonyl (C=O) groups is 1. The number of amides is 1. The first-order valence-electron chi connectivity index (χ1n) is 9.90. The number of fused-ring (bicyclic) bond motifs is 1. The van der Waals surface area contributed by atoms with Gasteiger partial charge in [-0.3, -0.25) is 19.5 Å². The van der Waals surface area contributed by atoms with E-state index in [1.807, 2.05) is 24.3 Å². The van der Waals surface area contributed by atoms with E-state index >= 15 is 0 Å². The summed E-state index contributed by atoms with van der Waals surface area (Å²) >= 11 is 1.18. The van der Waals surface area contributed by atoms with Gasteiger partial charge in [0.25, 0.3) is 5.69 Å². The number of hydrogen-bond acceptors (Lipinski definition) is 6. The summed E-state index contributed by atoms with van der Waals surface area (Å²) < 4.78 is 20.5. The summed E-state index contributed by atoms with van der Waals surface area (Å²) in [6.45, 7) is 0.310. The van der Waals surface area contributed by atoms with Crippen molar-refractivity contribution in [1.29, 1.82) is 0 Å². The molecule has 0 saturated heterocycles. The summed E-state index contributed by atoms with van der Waals surface area (Å²) in [7, 11) is 1.57. The van der Waals surface area contributed by atoms with Gasteiger partial charge in [0.15, 0.2) is 5.16 Å². The zero-order valence-corrected chi connectivity index (χ0v) is 18.3. The van der Waals surface area contributed by atoms with E-state index in [1.54, 1.807) is 29.9 Å². The highest BCUT2D eigenvalue weighted by Crippen LogP contribution is 2.30. The van der Waals surface area contributed by atoms with E-state index in [-0.39, 0.29) is 23.2 Å². The standard InChI is InChI=1S/C23H19FN4O4S/c1-32-21-5-3-2-4-15(21)13-25-22(29)14-33-23-26-19-12-18(28(30)31)10-11-20(19)27(23)17-8-6-16(24)7-9-17/h2-12H,13-14H2,1H3,(H,25,29). The van der Waals surface area contributed by atoms with Crippen molar-refractivity contribution in [2.75, 3.05) is 12.9 Å². The Morgan fingerprint density at radius 3 is 2.67 bits per heavy atom. The zero-order chi connectivity index (χ0) is 23.4. The largest absolute Gasteiger partial charge is 0.496 e. The summed E-state index contributed by atoms with van der Waals surface area (Å²) in [5, 5.41) is 14.5. The highest BCUT2D eigenvalue weighted by Gasteiger charge is 2.17. The molecule has 33 heavy (non-hydrogen) atoms. The zero-order valence-electron chi connectivity index (χ0n) is 17.5. The predicted octanol–water partition coefficient (Wildman–Crippen LogP) is 4.49. The molecule has 0 aliphatic heterocycles. The molecule has 3 aromatic carbocycles. The van der Waals surface area contributed by atoms with Crippen LogP contribution in [0.3, 0.4) is 0 Å². The van der Waals surface area contributed by atoms with Crippen molar-refractivity contribution in [3.05, 3.63) is 88.2 Å². The highest BCUT2D eigenvalue weighted by atomic mass is 32.2. The van der Waals surface area contributed by atoms with E-state index < -0.39 is 4.92 Å². The van der Waals surface area contributed by atoms with E-state index in [0.717, 1.165) is 5.56 Å². The maximum Gasteiger partial charge on any atom is 0.271 e. The van der Waals surface area contributed by atoms with Crippen molar-refractivity contribution < 1.29 is 18.8 Å². The molecule has 4 aromatic rings. The van der Waals surface area contributed by atoms with Gasteiger partial charge in [0.1, 0.15) is 11.6 Å². The molecule has 0 spiro atoms. The Hall–Kier alpha value is -3.92. The van der Waals surface area contributed by atoms with Gasteiger partial charge < -0.3 is 10.1 Å². The van der Waals surface area contributed by atoms with Crippen LogP contribution in [0.2, 0.25) is 0 Å². The molecule has 0 aliphatic rings. The van der Waals surface area contributed by atoms with Crippen LogP contribution in [0.5, 0.6) is 5.75 Å². The third kappa shape index (κ3) is 4.96. The average Bonchev–Trinajstić information content (AvgIpc) is 3.19. The number of aromatic nitrogens is 2. The maximum absolute atomic E-state index is 13.5. The van der Waals surface area contributed by atoms with Gasteiger partial charge in [-0.2, -0.15) is 0 Å². The molecule has 1 heterocycles. The molecule has 10 heteroatoms. The second-order valence-corrected chi connectivity index (χ2v) is 7.96. The first-order valence-corrected chi connectivity index (χ1v) is 10.9. The summed E-state index contributed by atoms with van der Waals surface area (Å²) in [5.74, 6) is 0.158. The van der Waals surface area contributed by atoms with Crippen LogP contribution in [0.4, 0.5) is 10.1 Å². The molecule has 0 aliphatic carbocycles. The summed E-state index contributed by atoms with van der Waals surface area (Å²) in [4.78, 5) is 27.7. The van der Waals surface area contributed by atoms with Crippen molar-refractivity contribution in [2.24, 2.45) is 0 Å². The minimum atomic E-state index is -0.492. The molecule has 1 amide bonds. The van der Waals surface area contributed by atoms with Crippen molar-refractivity contribution in [2.45, 2.75) is 11.7 Å². The molecule has 0 unspecified atom stereocenters. The molecular weight excluding hydrogens is 447 g/mol. The number of imidazole rings is 1. The second-order valence-electron chi connectivity index (χ2n) is 7.01. The number of thioether (sulfide) groups is 1. The van der Waals surface area contributed by atoms with E-state index in [2.05, 4.69) is 10.3 Å². The topological polar surface area (TPSA) is 99.3 Å². The number of rotatable bonds is 8. The first-order chi connectivity index (χ1) is 16.0. The third-order valence-electron chi connectivity index (χ3n) is 4.90. The van der Waals surface area contributed by atoms with Crippen LogP contribution in [0.1, 0.15) is 5.56 Å². The Balaban J connectivity index is 1.57. The third-order valence-corrected chi connectivity index (χ3v) is 5.84. The number of methoxy groups -OCH3 is 1. The van der Waals surface area contributed by atoms with Crippen LogP contribution in [0.15, 0.2) is 71.9 Å². The van der Waals surface area contributed by atoms with Gasteiger partial charge in [-0.25, -0.2) is 9.37 Å². The number of nitrogens with one attached hydrogen (secondary N) is 1. The molecule has 0 fully saturated rings. The van der Waals surface area contributed by atoms with Crippen LogP contribution in [0, 0.1) is 15.9 Å². The number of nitro groups is 1. The Morgan fingerprint density at radius 2 is 1.94 bits per heavy atom. The number of ether oxygens (including phenoxy) is 1. The molecule has 168 valence electrons. The number of non-ortho nitro benzene ring substituents is 1. The van der Waals surface area contributed by atoms with Gasteiger partial charge in [0.05, 0.1) is 28.8 Å². The van der Waals surface area contributed by atoms with Crippen LogP contribution in [0.25, 0.3) is 16.7 Å². The van der Waals surface area contributed by atoms with Gasteiger partial charge in [-0.15, -0.1) is 0 Å². The Labute approximate surface area is 192 Å². The molecule has 4 rings (SSSR count). The number of benzene rings is 3. The molecular formula is C23H19FN4O4S. The smallest absolute Gasteiger partial charge is 0.271 e. The Bertz CT molecular complexity index is 1320. The Morgan fingerprint density at radius 1 is 1.18 bits per heavy atom. The molecule has 1 aromatic heterocycles. The number of halogens is 1. The summed E-state index contributed by atoms with van der Waals surface area (Å²) in [6, 6.07) is 17.6. The van der Waals surface area contributed by atoms with E-state index in [0.29, 0.717) is 34.2 Å². The normalized spacial score (nSPS) is 10.8. The van der Waals surface area contributed by atoms with Crippen molar-refractivity contribution in [3.63, 3.8) is 0 Å². The lowest BCUT2D eigenvalue weighted by atomic mass is 10.2. The lowest BCUT2D eigenvalue weighted by molar-refractivity contribution is -0.384. The number of carbonyl (C=O) groups excluding carboxylic acids is 1. The van der Waals surface area contributed by atoms with Crippen molar-refractivity contribution >= 4 is 34.4 Å².